The fourth-order valence-corrected chi connectivity index (χ4v) is 1.99. The van der Waals surface area contributed by atoms with E-state index in [4.69, 9.17) is 10.5 Å². The summed E-state index contributed by atoms with van der Waals surface area (Å²) in [5.41, 5.74) is 7.80. The van der Waals surface area contributed by atoms with E-state index in [1.54, 1.807) is 16.8 Å². The summed E-state index contributed by atoms with van der Waals surface area (Å²) in [7, 11) is 1.36. The number of carbonyl (C=O) groups excluding carboxylic acids is 1. The number of rotatable bonds is 3. The van der Waals surface area contributed by atoms with E-state index in [1.165, 1.54) is 7.11 Å². The lowest BCUT2D eigenvalue weighted by Crippen LogP contribution is -2.10. The van der Waals surface area contributed by atoms with Gasteiger partial charge in [-0.15, -0.1) is 0 Å². The number of hydrogen-bond donors (Lipinski definition) is 1. The summed E-state index contributed by atoms with van der Waals surface area (Å²) in [6, 6.07) is 9.51. The van der Waals surface area contributed by atoms with Gasteiger partial charge in [0, 0.05) is 17.2 Å². The van der Waals surface area contributed by atoms with Crippen LogP contribution in [-0.4, -0.2) is 17.6 Å². The fraction of sp³-hybridized carbons (Fsp3) is 0.154. The highest BCUT2D eigenvalue weighted by Crippen LogP contribution is 2.16. The third-order valence-corrected chi connectivity index (χ3v) is 3.11. The number of nitrogens with zero attached hydrogens (tertiary/aromatic N) is 1. The normalized spacial score (nSPS) is 10.3. The molecule has 0 fully saturated rings. The second-order valence-corrected chi connectivity index (χ2v) is 4.82. The molecule has 1 aromatic carbocycles. The topological polar surface area (TPSA) is 57.2 Å². The average Bonchev–Trinajstić information content (AvgIpc) is 2.72. The van der Waals surface area contributed by atoms with Crippen LogP contribution in [0, 0.1) is 0 Å². The van der Waals surface area contributed by atoms with Crippen LogP contribution >= 0.6 is 15.9 Å². The molecule has 0 unspecified atom stereocenters. The smallest absolute Gasteiger partial charge is 0.354 e. The zero-order chi connectivity index (χ0) is 13.1. The maximum atomic E-state index is 11.6. The van der Waals surface area contributed by atoms with Gasteiger partial charge in [0.1, 0.15) is 5.69 Å². The number of carbonyl (C=O) groups is 1. The first kappa shape index (κ1) is 12.7. The first-order chi connectivity index (χ1) is 8.60. The van der Waals surface area contributed by atoms with E-state index in [2.05, 4.69) is 15.9 Å². The minimum atomic E-state index is -0.385. The third-order valence-electron chi connectivity index (χ3n) is 2.58. The number of nitrogens with two attached hydrogens (primary N) is 1. The van der Waals surface area contributed by atoms with E-state index < -0.39 is 0 Å². The molecule has 0 amide bonds. The second kappa shape index (κ2) is 5.27. The summed E-state index contributed by atoms with van der Waals surface area (Å²) in [4.78, 5) is 11.6. The van der Waals surface area contributed by atoms with E-state index in [0.717, 1.165) is 10.0 Å². The van der Waals surface area contributed by atoms with Crippen LogP contribution in [0.15, 0.2) is 41.0 Å². The summed E-state index contributed by atoms with van der Waals surface area (Å²) >= 11 is 3.38. The van der Waals surface area contributed by atoms with Gasteiger partial charge in [-0.2, -0.15) is 0 Å². The van der Waals surface area contributed by atoms with E-state index in [1.807, 2.05) is 24.3 Å². The van der Waals surface area contributed by atoms with Gasteiger partial charge in [-0.25, -0.2) is 4.79 Å². The van der Waals surface area contributed by atoms with Crippen molar-refractivity contribution in [1.29, 1.82) is 0 Å². The lowest BCUT2D eigenvalue weighted by Gasteiger charge is -2.07. The van der Waals surface area contributed by atoms with E-state index >= 15 is 0 Å². The van der Waals surface area contributed by atoms with Crippen molar-refractivity contribution < 1.29 is 9.53 Å². The summed E-state index contributed by atoms with van der Waals surface area (Å²) in [5.74, 6) is -0.385. The molecule has 0 saturated heterocycles. The van der Waals surface area contributed by atoms with Gasteiger partial charge in [-0.3, -0.25) is 0 Å². The Morgan fingerprint density at radius 3 is 2.67 bits per heavy atom. The summed E-state index contributed by atoms with van der Waals surface area (Å²) in [6.07, 6.45) is 1.73. The molecule has 0 bridgehead atoms. The van der Waals surface area contributed by atoms with Gasteiger partial charge < -0.3 is 15.0 Å². The van der Waals surface area contributed by atoms with E-state index in [9.17, 15) is 4.79 Å². The van der Waals surface area contributed by atoms with Crippen LogP contribution in [0.5, 0.6) is 0 Å². The molecule has 2 aromatic rings. The Balaban J connectivity index is 2.28. The number of methoxy groups -OCH3 is 1. The minimum Gasteiger partial charge on any atom is -0.464 e. The standard InChI is InChI=1S/C13H13BrN2O2/c1-18-13(17)12-6-11(15)8-16(12)7-9-2-4-10(14)5-3-9/h2-6,8H,7,15H2,1H3. The lowest BCUT2D eigenvalue weighted by molar-refractivity contribution is 0.0589. The summed E-state index contributed by atoms with van der Waals surface area (Å²) in [5, 5.41) is 0. The highest BCUT2D eigenvalue weighted by molar-refractivity contribution is 9.10. The Hall–Kier alpha value is -1.75. The molecule has 0 spiro atoms. The molecule has 0 aliphatic carbocycles. The molecule has 0 aliphatic rings. The van der Waals surface area contributed by atoms with Gasteiger partial charge in [-0.1, -0.05) is 28.1 Å². The molecule has 1 heterocycles. The van der Waals surface area contributed by atoms with Crippen LogP contribution in [0.1, 0.15) is 16.1 Å². The largest absolute Gasteiger partial charge is 0.464 e. The first-order valence-electron chi connectivity index (χ1n) is 5.38. The predicted molar refractivity (Wildman–Crippen MR) is 73.4 cm³/mol. The number of hydrogen-bond acceptors (Lipinski definition) is 3. The SMILES string of the molecule is COC(=O)c1cc(N)cn1Cc1ccc(Br)cc1. The van der Waals surface area contributed by atoms with Crippen molar-refractivity contribution in [2.75, 3.05) is 12.8 Å². The first-order valence-corrected chi connectivity index (χ1v) is 6.18. The van der Waals surface area contributed by atoms with Gasteiger partial charge >= 0.3 is 5.97 Å². The Kier molecular flexibility index (Phi) is 3.72. The number of anilines is 1. The van der Waals surface area contributed by atoms with Crippen molar-refractivity contribution in [3.05, 3.63) is 52.3 Å². The predicted octanol–water partition coefficient (Wildman–Crippen LogP) is 2.67. The Labute approximate surface area is 113 Å². The number of aromatic nitrogens is 1. The van der Waals surface area contributed by atoms with Crippen LogP contribution in [0.25, 0.3) is 0 Å². The van der Waals surface area contributed by atoms with Crippen molar-refractivity contribution >= 4 is 27.6 Å². The third kappa shape index (κ3) is 2.73. The van der Waals surface area contributed by atoms with Crippen LogP contribution < -0.4 is 5.73 Å². The molecule has 2 N–H and O–H groups in total. The molecular formula is C13H13BrN2O2. The molecule has 1 aromatic heterocycles. The molecule has 5 heteroatoms. The molecule has 0 radical (unpaired) electrons. The quantitative estimate of drug-likeness (QED) is 0.887. The Morgan fingerprint density at radius 1 is 1.39 bits per heavy atom. The number of ether oxygens (including phenoxy) is 1. The number of esters is 1. The lowest BCUT2D eigenvalue weighted by atomic mass is 10.2. The zero-order valence-electron chi connectivity index (χ0n) is 9.89. The van der Waals surface area contributed by atoms with Crippen LogP contribution in [0.4, 0.5) is 5.69 Å². The van der Waals surface area contributed by atoms with Gasteiger partial charge in [0.2, 0.25) is 0 Å². The van der Waals surface area contributed by atoms with E-state index in [0.29, 0.717) is 17.9 Å². The second-order valence-electron chi connectivity index (χ2n) is 3.90. The van der Waals surface area contributed by atoms with Gasteiger partial charge in [0.05, 0.1) is 12.8 Å². The zero-order valence-corrected chi connectivity index (χ0v) is 11.5. The van der Waals surface area contributed by atoms with Crippen molar-refractivity contribution in [2.24, 2.45) is 0 Å². The van der Waals surface area contributed by atoms with Crippen molar-refractivity contribution in [2.45, 2.75) is 6.54 Å². The van der Waals surface area contributed by atoms with Crippen molar-refractivity contribution in [3.63, 3.8) is 0 Å². The summed E-state index contributed by atoms with van der Waals surface area (Å²) in [6.45, 7) is 0.578. The molecule has 0 saturated carbocycles. The fourth-order valence-electron chi connectivity index (χ4n) is 1.73. The number of nitrogen functional groups attached to an aromatic ring is 1. The maximum absolute atomic E-state index is 11.6. The van der Waals surface area contributed by atoms with Gasteiger partial charge in [-0.05, 0) is 23.8 Å². The summed E-state index contributed by atoms with van der Waals surface area (Å²) < 4.78 is 7.53. The Morgan fingerprint density at radius 2 is 2.06 bits per heavy atom. The molecule has 4 nitrogen and oxygen atoms in total. The van der Waals surface area contributed by atoms with Crippen molar-refractivity contribution in [3.8, 4) is 0 Å². The van der Waals surface area contributed by atoms with Crippen LogP contribution in [-0.2, 0) is 11.3 Å². The van der Waals surface area contributed by atoms with E-state index in [-0.39, 0.29) is 5.97 Å². The van der Waals surface area contributed by atoms with Crippen LogP contribution in [0.2, 0.25) is 0 Å². The average molecular weight is 309 g/mol. The number of benzene rings is 1. The monoisotopic (exact) mass is 308 g/mol. The maximum Gasteiger partial charge on any atom is 0.354 e. The van der Waals surface area contributed by atoms with Gasteiger partial charge in [0.25, 0.3) is 0 Å². The molecule has 94 valence electrons. The highest BCUT2D eigenvalue weighted by atomic mass is 79.9. The molecule has 2 rings (SSSR count). The van der Waals surface area contributed by atoms with Crippen molar-refractivity contribution in [1.82, 2.24) is 4.57 Å². The number of halogens is 1. The Bertz CT molecular complexity index is 561. The molecule has 0 atom stereocenters. The molecular weight excluding hydrogens is 296 g/mol. The van der Waals surface area contributed by atoms with Crippen LogP contribution in [0.3, 0.4) is 0 Å². The highest BCUT2D eigenvalue weighted by Gasteiger charge is 2.13. The molecule has 18 heavy (non-hydrogen) atoms. The minimum absolute atomic E-state index is 0.385. The molecule has 0 aliphatic heterocycles. The van der Waals surface area contributed by atoms with Gasteiger partial charge in [0.15, 0.2) is 0 Å².